The van der Waals surface area contributed by atoms with Gasteiger partial charge in [0.1, 0.15) is 17.2 Å². The van der Waals surface area contributed by atoms with E-state index in [-0.39, 0.29) is 12.6 Å². The molecule has 0 amide bonds. The van der Waals surface area contributed by atoms with Gasteiger partial charge < -0.3 is 20.3 Å². The van der Waals surface area contributed by atoms with Gasteiger partial charge in [-0.1, -0.05) is 18.2 Å². The van der Waals surface area contributed by atoms with Crippen molar-refractivity contribution in [3.63, 3.8) is 0 Å². The van der Waals surface area contributed by atoms with Crippen molar-refractivity contribution in [1.82, 2.24) is 0 Å². The Labute approximate surface area is 125 Å². The van der Waals surface area contributed by atoms with Gasteiger partial charge in [-0.2, -0.15) is 0 Å². The van der Waals surface area contributed by atoms with E-state index in [4.69, 9.17) is 20.3 Å². The van der Waals surface area contributed by atoms with Crippen molar-refractivity contribution in [2.75, 3.05) is 13.7 Å². The van der Waals surface area contributed by atoms with E-state index < -0.39 is 0 Å². The lowest BCUT2D eigenvalue weighted by molar-refractivity contribution is 0.299. The van der Waals surface area contributed by atoms with Crippen LogP contribution in [0, 0.1) is 0 Å². The van der Waals surface area contributed by atoms with Crippen LogP contribution in [0.3, 0.4) is 0 Å². The van der Waals surface area contributed by atoms with Gasteiger partial charge in [0.15, 0.2) is 0 Å². The predicted molar refractivity (Wildman–Crippen MR) is 82.9 cm³/mol. The summed E-state index contributed by atoms with van der Waals surface area (Å²) in [4.78, 5) is 0. The third-order valence-corrected chi connectivity index (χ3v) is 3.25. The molecule has 0 heterocycles. The fourth-order valence-corrected chi connectivity index (χ4v) is 2.22. The number of benzene rings is 2. The Bertz CT molecular complexity index is 579. The lowest BCUT2D eigenvalue weighted by Crippen LogP contribution is -2.08. The molecule has 2 rings (SSSR count). The van der Waals surface area contributed by atoms with Crippen LogP contribution in [0.15, 0.2) is 42.5 Å². The maximum atomic E-state index is 8.92. The number of hydrogen-bond acceptors (Lipinski definition) is 4. The van der Waals surface area contributed by atoms with Gasteiger partial charge in [0.2, 0.25) is 0 Å². The van der Waals surface area contributed by atoms with E-state index in [0.717, 1.165) is 22.6 Å². The summed E-state index contributed by atoms with van der Waals surface area (Å²) in [7, 11) is 1.62. The Morgan fingerprint density at radius 3 is 2.33 bits per heavy atom. The zero-order chi connectivity index (χ0) is 15.2. The zero-order valence-corrected chi connectivity index (χ0v) is 12.4. The Hall–Kier alpha value is -2.04. The minimum atomic E-state index is -0.190. The molecule has 0 spiro atoms. The smallest absolute Gasteiger partial charge is 0.135 e. The first kappa shape index (κ1) is 15.4. The van der Waals surface area contributed by atoms with Crippen molar-refractivity contribution in [1.29, 1.82) is 0 Å². The zero-order valence-electron chi connectivity index (χ0n) is 12.4. The molecule has 4 heteroatoms. The molecule has 112 valence electrons. The lowest BCUT2D eigenvalue weighted by atomic mass is 10.1. The summed E-state index contributed by atoms with van der Waals surface area (Å²) in [6.45, 7) is 2.04. The van der Waals surface area contributed by atoms with Crippen LogP contribution in [0.25, 0.3) is 0 Å². The third kappa shape index (κ3) is 3.74. The van der Waals surface area contributed by atoms with Crippen molar-refractivity contribution < 1.29 is 14.6 Å². The minimum absolute atomic E-state index is 0.144. The van der Waals surface area contributed by atoms with Crippen LogP contribution in [0.4, 0.5) is 0 Å². The third-order valence-electron chi connectivity index (χ3n) is 3.25. The molecule has 0 unspecified atom stereocenters. The Morgan fingerprint density at radius 2 is 1.76 bits per heavy atom. The second kappa shape index (κ2) is 7.11. The molecule has 0 aliphatic carbocycles. The number of hydrogen-bond donors (Lipinski definition) is 2. The fraction of sp³-hybridized carbons (Fsp3) is 0.294. The van der Waals surface area contributed by atoms with Crippen LogP contribution in [-0.2, 0) is 6.42 Å². The summed E-state index contributed by atoms with van der Waals surface area (Å²) in [5.74, 6) is 2.14. The number of rotatable bonds is 6. The molecule has 0 saturated heterocycles. The molecular formula is C17H21NO3. The average Bonchev–Trinajstić information content (AvgIpc) is 2.49. The Kier molecular flexibility index (Phi) is 5.20. The highest BCUT2D eigenvalue weighted by molar-refractivity contribution is 5.48. The van der Waals surface area contributed by atoms with E-state index in [1.807, 2.05) is 49.4 Å². The van der Waals surface area contributed by atoms with Crippen LogP contribution >= 0.6 is 0 Å². The number of methoxy groups -OCH3 is 1. The van der Waals surface area contributed by atoms with Gasteiger partial charge in [-0.25, -0.2) is 0 Å². The summed E-state index contributed by atoms with van der Waals surface area (Å²) in [5, 5.41) is 8.92. The van der Waals surface area contributed by atoms with Crippen molar-refractivity contribution in [2.24, 2.45) is 5.73 Å². The average molecular weight is 287 g/mol. The normalized spacial score (nSPS) is 12.0. The van der Waals surface area contributed by atoms with Gasteiger partial charge in [0.25, 0.3) is 0 Å². The van der Waals surface area contributed by atoms with E-state index in [1.165, 1.54) is 0 Å². The molecule has 4 nitrogen and oxygen atoms in total. The second-order valence-corrected chi connectivity index (χ2v) is 4.88. The number of aliphatic hydroxyl groups is 1. The van der Waals surface area contributed by atoms with Crippen LogP contribution in [0.2, 0.25) is 0 Å². The topological polar surface area (TPSA) is 64.7 Å². The van der Waals surface area contributed by atoms with E-state index in [0.29, 0.717) is 12.2 Å². The van der Waals surface area contributed by atoms with E-state index >= 15 is 0 Å². The van der Waals surface area contributed by atoms with Gasteiger partial charge in [-0.3, -0.25) is 0 Å². The first-order chi connectivity index (χ1) is 10.2. The van der Waals surface area contributed by atoms with Gasteiger partial charge in [-0.05, 0) is 43.2 Å². The summed E-state index contributed by atoms with van der Waals surface area (Å²) in [6.07, 6.45) is 0.643. The molecule has 0 bridgehead atoms. The maximum absolute atomic E-state index is 8.92. The first-order valence-corrected chi connectivity index (χ1v) is 6.96. The van der Waals surface area contributed by atoms with E-state index in [9.17, 15) is 0 Å². The number of nitrogens with two attached hydrogens (primary N) is 1. The molecule has 0 fully saturated rings. The van der Waals surface area contributed by atoms with E-state index in [2.05, 4.69) is 0 Å². The highest BCUT2D eigenvalue weighted by atomic mass is 16.5. The van der Waals surface area contributed by atoms with Crippen molar-refractivity contribution >= 4 is 0 Å². The van der Waals surface area contributed by atoms with Crippen LogP contribution in [0.5, 0.6) is 17.2 Å². The van der Waals surface area contributed by atoms with E-state index in [1.54, 1.807) is 7.11 Å². The quantitative estimate of drug-likeness (QED) is 0.857. The molecule has 0 saturated carbocycles. The molecule has 2 aromatic rings. The molecule has 3 N–H and O–H groups in total. The van der Waals surface area contributed by atoms with Gasteiger partial charge >= 0.3 is 0 Å². The Balaban J connectivity index is 2.26. The lowest BCUT2D eigenvalue weighted by Gasteiger charge is -2.17. The number of ether oxygens (including phenoxy) is 2. The number of aliphatic hydroxyl groups excluding tert-OH is 1. The summed E-state index contributed by atoms with van der Waals surface area (Å²) in [6, 6.07) is 13.1. The minimum Gasteiger partial charge on any atom is -0.496 e. The van der Waals surface area contributed by atoms with Gasteiger partial charge in [0.05, 0.1) is 12.7 Å². The summed E-state index contributed by atoms with van der Waals surface area (Å²) in [5.41, 5.74) is 7.94. The van der Waals surface area contributed by atoms with Gasteiger partial charge in [-0.15, -0.1) is 0 Å². The standard InChI is InChI=1S/C17H21NO3/c1-12(18)17-15(20-2)4-3-5-16(17)21-14-8-6-13(7-9-14)10-11-19/h3-9,12,19H,10-11,18H2,1-2H3/t12-/m0/s1. The predicted octanol–water partition coefficient (Wildman–Crippen LogP) is 3.04. The fourth-order valence-electron chi connectivity index (χ4n) is 2.22. The summed E-state index contributed by atoms with van der Waals surface area (Å²) >= 11 is 0. The molecule has 21 heavy (non-hydrogen) atoms. The van der Waals surface area contributed by atoms with Crippen molar-refractivity contribution in [2.45, 2.75) is 19.4 Å². The molecule has 1 atom stereocenters. The van der Waals surface area contributed by atoms with Crippen molar-refractivity contribution in [3.8, 4) is 17.2 Å². The molecule has 0 aliphatic heterocycles. The molecular weight excluding hydrogens is 266 g/mol. The monoisotopic (exact) mass is 287 g/mol. The highest BCUT2D eigenvalue weighted by Crippen LogP contribution is 2.35. The van der Waals surface area contributed by atoms with Crippen molar-refractivity contribution in [3.05, 3.63) is 53.6 Å². The molecule has 0 aromatic heterocycles. The second-order valence-electron chi connectivity index (χ2n) is 4.88. The van der Waals surface area contributed by atoms with Crippen LogP contribution < -0.4 is 15.2 Å². The maximum Gasteiger partial charge on any atom is 0.135 e. The SMILES string of the molecule is COc1cccc(Oc2ccc(CCO)cc2)c1[C@H](C)N. The Morgan fingerprint density at radius 1 is 1.10 bits per heavy atom. The molecule has 2 aromatic carbocycles. The first-order valence-electron chi connectivity index (χ1n) is 6.96. The van der Waals surface area contributed by atoms with Crippen LogP contribution in [0.1, 0.15) is 24.1 Å². The highest BCUT2D eigenvalue weighted by Gasteiger charge is 2.14. The molecule has 0 aliphatic rings. The van der Waals surface area contributed by atoms with Crippen LogP contribution in [-0.4, -0.2) is 18.8 Å². The summed E-state index contributed by atoms with van der Waals surface area (Å²) < 4.78 is 11.3. The van der Waals surface area contributed by atoms with Gasteiger partial charge in [0, 0.05) is 12.6 Å². The largest absolute Gasteiger partial charge is 0.496 e. The molecule has 0 radical (unpaired) electrons.